The third-order valence-corrected chi connectivity index (χ3v) is 3.20. The number of benzene rings is 1. The van der Waals surface area contributed by atoms with Gasteiger partial charge in [0.25, 0.3) is 0 Å². The molecule has 20 heavy (non-hydrogen) atoms. The summed E-state index contributed by atoms with van der Waals surface area (Å²) in [5, 5.41) is 6.94. The van der Waals surface area contributed by atoms with Gasteiger partial charge in [-0.05, 0) is 63.7 Å². The Kier molecular flexibility index (Phi) is 4.28. The van der Waals surface area contributed by atoms with Crippen LogP contribution in [0.3, 0.4) is 0 Å². The lowest BCUT2D eigenvalue weighted by atomic mass is 10.1. The van der Waals surface area contributed by atoms with Crippen LogP contribution < -0.4 is 15.5 Å². The van der Waals surface area contributed by atoms with Crippen LogP contribution in [0.5, 0.6) is 0 Å². The van der Waals surface area contributed by atoms with E-state index in [9.17, 15) is 4.79 Å². The topological polar surface area (TPSA) is 44.4 Å². The molecule has 108 valence electrons. The molecule has 2 rings (SSSR count). The van der Waals surface area contributed by atoms with Crippen LogP contribution in [0, 0.1) is 0 Å². The zero-order valence-electron chi connectivity index (χ0n) is 12.2. The summed E-state index contributed by atoms with van der Waals surface area (Å²) >= 11 is 5.26. The summed E-state index contributed by atoms with van der Waals surface area (Å²) in [4.78, 5) is 13.5. The first-order valence-electron chi connectivity index (χ1n) is 6.85. The lowest BCUT2D eigenvalue weighted by Gasteiger charge is -2.23. The van der Waals surface area contributed by atoms with E-state index in [2.05, 4.69) is 31.4 Å². The van der Waals surface area contributed by atoms with Crippen molar-refractivity contribution in [3.63, 3.8) is 0 Å². The van der Waals surface area contributed by atoms with Gasteiger partial charge < -0.3 is 15.5 Å². The summed E-state index contributed by atoms with van der Waals surface area (Å²) in [5.41, 5.74) is 1.81. The average molecular weight is 291 g/mol. The highest BCUT2D eigenvalue weighted by molar-refractivity contribution is 7.80. The van der Waals surface area contributed by atoms with Gasteiger partial charge in [0.1, 0.15) is 0 Å². The van der Waals surface area contributed by atoms with Crippen LogP contribution in [0.25, 0.3) is 0 Å². The first-order valence-corrected chi connectivity index (χ1v) is 7.25. The maximum Gasteiger partial charge on any atom is 0.227 e. The van der Waals surface area contributed by atoms with Gasteiger partial charge >= 0.3 is 0 Å². The van der Waals surface area contributed by atoms with Gasteiger partial charge in [-0.3, -0.25) is 4.79 Å². The number of rotatable bonds is 2. The second-order valence-corrected chi connectivity index (χ2v) is 6.43. The summed E-state index contributed by atoms with van der Waals surface area (Å²) in [6, 6.07) is 7.78. The highest BCUT2D eigenvalue weighted by Gasteiger charge is 2.21. The molecular weight excluding hydrogens is 270 g/mol. The zero-order valence-corrected chi connectivity index (χ0v) is 13.0. The van der Waals surface area contributed by atoms with Gasteiger partial charge in [-0.25, -0.2) is 0 Å². The number of carbonyl (C=O) groups is 1. The third kappa shape index (κ3) is 3.93. The smallest absolute Gasteiger partial charge is 0.227 e. The molecule has 0 radical (unpaired) electrons. The lowest BCUT2D eigenvalue weighted by Crippen LogP contribution is -2.42. The van der Waals surface area contributed by atoms with Gasteiger partial charge in [0, 0.05) is 29.9 Å². The molecule has 0 spiro atoms. The van der Waals surface area contributed by atoms with Crippen molar-refractivity contribution in [2.24, 2.45) is 0 Å². The van der Waals surface area contributed by atoms with E-state index in [1.807, 2.05) is 29.2 Å². The van der Waals surface area contributed by atoms with Gasteiger partial charge in [0.05, 0.1) is 0 Å². The first-order chi connectivity index (χ1) is 9.35. The number of thiocarbonyl (C=S) groups is 1. The van der Waals surface area contributed by atoms with E-state index in [0.717, 1.165) is 24.3 Å². The highest BCUT2D eigenvalue weighted by Crippen LogP contribution is 2.23. The molecule has 0 aromatic heterocycles. The van der Waals surface area contributed by atoms with Crippen LogP contribution in [0.2, 0.25) is 0 Å². The minimum atomic E-state index is -0.0635. The van der Waals surface area contributed by atoms with Crippen molar-refractivity contribution < 1.29 is 4.79 Å². The SMILES string of the molecule is CC(C)(C)NC(=S)Nc1ccc(N2CCCC2=O)cc1. The third-order valence-electron chi connectivity index (χ3n) is 3.00. The maximum atomic E-state index is 11.7. The zero-order chi connectivity index (χ0) is 14.8. The van der Waals surface area contributed by atoms with Crippen molar-refractivity contribution in [3.05, 3.63) is 24.3 Å². The fourth-order valence-electron chi connectivity index (χ4n) is 2.15. The van der Waals surface area contributed by atoms with Crippen LogP contribution in [-0.4, -0.2) is 23.1 Å². The van der Waals surface area contributed by atoms with Crippen LogP contribution in [0.4, 0.5) is 11.4 Å². The fourth-order valence-corrected chi connectivity index (χ4v) is 2.57. The molecule has 4 nitrogen and oxygen atoms in total. The summed E-state index contributed by atoms with van der Waals surface area (Å²) in [7, 11) is 0. The Hall–Kier alpha value is -1.62. The molecule has 1 aliphatic rings. The summed E-state index contributed by atoms with van der Waals surface area (Å²) < 4.78 is 0. The predicted octanol–water partition coefficient (Wildman–Crippen LogP) is 2.90. The molecule has 1 aliphatic heterocycles. The van der Waals surface area contributed by atoms with Gasteiger partial charge in [-0.2, -0.15) is 0 Å². The van der Waals surface area contributed by atoms with E-state index in [-0.39, 0.29) is 11.4 Å². The molecule has 0 saturated carbocycles. The Morgan fingerprint density at radius 2 is 1.90 bits per heavy atom. The molecule has 1 saturated heterocycles. The standard InChI is InChI=1S/C15H21N3OS/c1-15(2,3)17-14(20)16-11-6-8-12(9-7-11)18-10-4-5-13(18)19/h6-9H,4-5,10H2,1-3H3,(H2,16,17,20). The molecule has 0 unspecified atom stereocenters. The average Bonchev–Trinajstić information content (AvgIpc) is 2.74. The normalized spacial score (nSPS) is 15.3. The number of hydrogen-bond donors (Lipinski definition) is 2. The van der Waals surface area contributed by atoms with Gasteiger partial charge in [-0.15, -0.1) is 0 Å². The van der Waals surface area contributed by atoms with E-state index in [0.29, 0.717) is 11.5 Å². The number of amides is 1. The Morgan fingerprint density at radius 1 is 1.25 bits per heavy atom. The van der Waals surface area contributed by atoms with Crippen LogP contribution in [-0.2, 0) is 4.79 Å². The first kappa shape index (κ1) is 14.8. The van der Waals surface area contributed by atoms with Gasteiger partial charge in [0.2, 0.25) is 5.91 Å². The molecule has 1 heterocycles. The van der Waals surface area contributed by atoms with Crippen molar-refractivity contribution in [3.8, 4) is 0 Å². The van der Waals surface area contributed by atoms with Crippen molar-refractivity contribution in [2.45, 2.75) is 39.2 Å². The fraction of sp³-hybridized carbons (Fsp3) is 0.467. The van der Waals surface area contributed by atoms with Gasteiger partial charge in [0.15, 0.2) is 5.11 Å². The number of nitrogens with zero attached hydrogens (tertiary/aromatic N) is 1. The van der Waals surface area contributed by atoms with Crippen molar-refractivity contribution >= 4 is 34.6 Å². The molecule has 1 fully saturated rings. The largest absolute Gasteiger partial charge is 0.358 e. The van der Waals surface area contributed by atoms with Crippen LogP contribution >= 0.6 is 12.2 Å². The molecule has 5 heteroatoms. The Bertz CT molecular complexity index is 505. The van der Waals surface area contributed by atoms with E-state index in [1.54, 1.807) is 0 Å². The molecule has 0 aliphatic carbocycles. The molecule has 0 bridgehead atoms. The molecular formula is C15H21N3OS. The number of anilines is 2. The Labute approximate surface area is 125 Å². The maximum absolute atomic E-state index is 11.7. The number of hydrogen-bond acceptors (Lipinski definition) is 2. The molecule has 1 aromatic rings. The number of carbonyl (C=O) groups excluding carboxylic acids is 1. The van der Waals surface area contributed by atoms with Gasteiger partial charge in [-0.1, -0.05) is 0 Å². The van der Waals surface area contributed by atoms with E-state index in [4.69, 9.17) is 12.2 Å². The molecule has 1 aromatic carbocycles. The summed E-state index contributed by atoms with van der Waals surface area (Å²) in [6.07, 6.45) is 1.60. The van der Waals surface area contributed by atoms with Crippen LogP contribution in [0.1, 0.15) is 33.6 Å². The van der Waals surface area contributed by atoms with E-state index < -0.39 is 0 Å². The van der Waals surface area contributed by atoms with Crippen molar-refractivity contribution in [2.75, 3.05) is 16.8 Å². The quantitative estimate of drug-likeness (QED) is 0.822. The number of nitrogens with one attached hydrogen (secondary N) is 2. The molecule has 2 N–H and O–H groups in total. The minimum Gasteiger partial charge on any atom is -0.358 e. The lowest BCUT2D eigenvalue weighted by molar-refractivity contribution is -0.117. The predicted molar refractivity (Wildman–Crippen MR) is 87.1 cm³/mol. The molecule has 1 amide bonds. The second kappa shape index (κ2) is 5.79. The summed E-state index contributed by atoms with van der Waals surface area (Å²) in [6.45, 7) is 6.99. The monoisotopic (exact) mass is 291 g/mol. The van der Waals surface area contributed by atoms with Crippen LogP contribution in [0.15, 0.2) is 24.3 Å². The van der Waals surface area contributed by atoms with Crippen molar-refractivity contribution in [1.82, 2.24) is 5.32 Å². The van der Waals surface area contributed by atoms with E-state index in [1.165, 1.54) is 0 Å². The summed E-state index contributed by atoms with van der Waals surface area (Å²) in [5.74, 6) is 0.204. The second-order valence-electron chi connectivity index (χ2n) is 6.02. The van der Waals surface area contributed by atoms with E-state index >= 15 is 0 Å². The van der Waals surface area contributed by atoms with Crippen molar-refractivity contribution in [1.29, 1.82) is 0 Å². The Morgan fingerprint density at radius 3 is 2.40 bits per heavy atom. The molecule has 0 atom stereocenters. The Balaban J connectivity index is 1.98. The highest BCUT2D eigenvalue weighted by atomic mass is 32.1. The minimum absolute atomic E-state index is 0.0635.